The van der Waals surface area contributed by atoms with Gasteiger partial charge in [0.25, 0.3) is 0 Å². The number of carbonyl (C=O) groups is 2. The number of allylic oxidation sites excluding steroid dienone is 4. The van der Waals surface area contributed by atoms with Crippen molar-refractivity contribution in [3.63, 3.8) is 0 Å². The largest absolute Gasteiger partial charge is 0.462 e. The fourth-order valence-corrected chi connectivity index (χ4v) is 7.05. The van der Waals surface area contributed by atoms with Crippen LogP contribution in [0.15, 0.2) is 24.3 Å². The minimum absolute atomic E-state index is 0.220. The van der Waals surface area contributed by atoms with Crippen molar-refractivity contribution in [1.29, 1.82) is 0 Å². The van der Waals surface area contributed by atoms with Crippen molar-refractivity contribution < 1.29 is 49.0 Å². The van der Waals surface area contributed by atoms with E-state index in [4.69, 9.17) is 18.9 Å². The molecule has 1 rings (SSSR count). The topological polar surface area (TPSA) is 152 Å². The number of hydrogen-bond acceptors (Lipinski definition) is 10. The number of aliphatic hydroxyl groups excluding tert-OH is 4. The molecule has 10 nitrogen and oxygen atoms in total. The smallest absolute Gasteiger partial charge is 0.306 e. The first kappa shape index (κ1) is 53.2. The molecular weight excluding hydrogens is 725 g/mol. The van der Waals surface area contributed by atoms with Gasteiger partial charge in [0.1, 0.15) is 31.0 Å². The van der Waals surface area contributed by atoms with E-state index in [0.29, 0.717) is 12.8 Å². The van der Waals surface area contributed by atoms with Gasteiger partial charge in [-0.3, -0.25) is 9.59 Å². The molecule has 57 heavy (non-hydrogen) atoms. The molecule has 0 aromatic carbocycles. The minimum Gasteiger partial charge on any atom is -0.462 e. The third kappa shape index (κ3) is 30.0. The van der Waals surface area contributed by atoms with Gasteiger partial charge in [-0.25, -0.2) is 0 Å². The molecule has 1 aliphatic heterocycles. The van der Waals surface area contributed by atoms with Gasteiger partial charge in [-0.15, -0.1) is 0 Å². The summed E-state index contributed by atoms with van der Waals surface area (Å²) in [5.41, 5.74) is 0. The normalized spacial score (nSPS) is 20.4. The Kier molecular flexibility index (Phi) is 35.8. The fraction of sp³-hybridized carbons (Fsp3) is 0.872. The lowest BCUT2D eigenvalue weighted by Gasteiger charge is -2.39. The van der Waals surface area contributed by atoms with Crippen LogP contribution in [0.5, 0.6) is 0 Å². The average molecular weight is 811 g/mol. The average Bonchev–Trinajstić information content (AvgIpc) is 3.21. The summed E-state index contributed by atoms with van der Waals surface area (Å²) in [5.74, 6) is -0.813. The predicted molar refractivity (Wildman–Crippen MR) is 229 cm³/mol. The van der Waals surface area contributed by atoms with Crippen molar-refractivity contribution in [3.8, 4) is 0 Å². The lowest BCUT2D eigenvalue weighted by atomic mass is 9.99. The highest BCUT2D eigenvalue weighted by atomic mass is 16.7. The van der Waals surface area contributed by atoms with Gasteiger partial charge in [-0.1, -0.05) is 160 Å². The van der Waals surface area contributed by atoms with Crippen molar-refractivity contribution in [2.45, 2.75) is 243 Å². The standard InChI is InChI=1S/C47H86O10/c1-3-5-7-9-11-13-15-16-17-18-19-20-21-22-23-24-26-28-30-32-34-36-43(50)56-40(39-55-47-46(53)45(52)44(51)41(37-48)57-47)38-54-42(49)35-33-31-29-27-25-14-12-10-8-6-4-2/h10,12,16-17,40-41,44-48,51-53H,3-9,11,13-15,18-39H2,1-2H3/b12-10+,17-16+/t40-,41-,44+,45?,46?,47-/m1/s1. The van der Waals surface area contributed by atoms with E-state index in [9.17, 15) is 30.0 Å². The van der Waals surface area contributed by atoms with Gasteiger partial charge < -0.3 is 39.4 Å². The molecule has 1 fully saturated rings. The Labute approximate surface area is 347 Å². The molecule has 0 radical (unpaired) electrons. The Morgan fingerprint density at radius 1 is 0.526 bits per heavy atom. The van der Waals surface area contributed by atoms with Crippen molar-refractivity contribution in [2.75, 3.05) is 19.8 Å². The number of aliphatic hydroxyl groups is 4. The van der Waals surface area contributed by atoms with Gasteiger partial charge in [-0.05, 0) is 57.8 Å². The molecular formula is C47H86O10. The van der Waals surface area contributed by atoms with Gasteiger partial charge >= 0.3 is 11.9 Å². The summed E-state index contributed by atoms with van der Waals surface area (Å²) in [7, 11) is 0. The molecule has 1 saturated heterocycles. The summed E-state index contributed by atoms with van der Waals surface area (Å²) in [6, 6.07) is 0. The van der Waals surface area contributed by atoms with Gasteiger partial charge in [0.15, 0.2) is 12.4 Å². The number of rotatable bonds is 39. The Bertz CT molecular complexity index is 985. The molecule has 334 valence electrons. The number of esters is 2. The van der Waals surface area contributed by atoms with Crippen LogP contribution >= 0.6 is 0 Å². The maximum atomic E-state index is 12.8. The van der Waals surface area contributed by atoms with Crippen LogP contribution in [0.1, 0.15) is 206 Å². The lowest BCUT2D eigenvalue weighted by Crippen LogP contribution is -2.59. The maximum absolute atomic E-state index is 12.8. The third-order valence-electron chi connectivity index (χ3n) is 10.8. The number of hydrogen-bond donors (Lipinski definition) is 4. The first-order chi connectivity index (χ1) is 27.8. The van der Waals surface area contributed by atoms with Crippen molar-refractivity contribution >= 4 is 11.9 Å². The summed E-state index contributed by atoms with van der Waals surface area (Å²) >= 11 is 0. The molecule has 4 N–H and O–H groups in total. The van der Waals surface area contributed by atoms with E-state index >= 15 is 0 Å². The predicted octanol–water partition coefficient (Wildman–Crippen LogP) is 10.1. The van der Waals surface area contributed by atoms with Crippen LogP contribution in [0.4, 0.5) is 0 Å². The highest BCUT2D eigenvalue weighted by Crippen LogP contribution is 2.23. The molecule has 1 heterocycles. The fourth-order valence-electron chi connectivity index (χ4n) is 7.05. The van der Waals surface area contributed by atoms with Crippen LogP contribution in [0.2, 0.25) is 0 Å². The summed E-state index contributed by atoms with van der Waals surface area (Å²) in [6.07, 6.45) is 34.8. The van der Waals surface area contributed by atoms with E-state index in [2.05, 4.69) is 38.2 Å². The van der Waals surface area contributed by atoms with E-state index < -0.39 is 49.4 Å². The molecule has 0 aromatic rings. The van der Waals surface area contributed by atoms with E-state index in [1.165, 1.54) is 109 Å². The summed E-state index contributed by atoms with van der Waals surface area (Å²) in [6.45, 7) is 3.38. The molecule has 0 spiro atoms. The SMILES string of the molecule is CCCC/C=C/CCCCCCCC(=O)OC[C@H](CO[C@@H]1O[C@H](CO)[C@H](O)C(O)C1O)OC(=O)CCCCCCCCCCCCC/C=C/CCCCCCCC. The highest BCUT2D eigenvalue weighted by molar-refractivity contribution is 5.70. The van der Waals surface area contributed by atoms with Crippen molar-refractivity contribution in [2.24, 2.45) is 0 Å². The quantitative estimate of drug-likeness (QED) is 0.0268. The number of ether oxygens (including phenoxy) is 4. The van der Waals surface area contributed by atoms with Crippen LogP contribution in [0, 0.1) is 0 Å². The highest BCUT2D eigenvalue weighted by Gasteiger charge is 2.44. The molecule has 0 aliphatic carbocycles. The molecule has 10 heteroatoms. The van der Waals surface area contributed by atoms with Crippen molar-refractivity contribution in [3.05, 3.63) is 24.3 Å². The summed E-state index contributed by atoms with van der Waals surface area (Å²) in [5, 5.41) is 40.1. The zero-order valence-electron chi connectivity index (χ0n) is 36.3. The van der Waals surface area contributed by atoms with Crippen LogP contribution in [-0.4, -0.2) is 89.0 Å². The molecule has 6 atom stereocenters. The monoisotopic (exact) mass is 811 g/mol. The van der Waals surface area contributed by atoms with E-state index in [-0.39, 0.29) is 32.0 Å². The van der Waals surface area contributed by atoms with Gasteiger partial charge in [-0.2, -0.15) is 0 Å². The van der Waals surface area contributed by atoms with Crippen LogP contribution < -0.4 is 0 Å². The Balaban J connectivity index is 2.27. The number of carbonyl (C=O) groups excluding carboxylic acids is 2. The number of unbranched alkanes of at least 4 members (excludes halogenated alkanes) is 24. The second-order valence-corrected chi connectivity index (χ2v) is 16.2. The van der Waals surface area contributed by atoms with Crippen LogP contribution in [0.25, 0.3) is 0 Å². The maximum Gasteiger partial charge on any atom is 0.306 e. The zero-order chi connectivity index (χ0) is 41.6. The summed E-state index contributed by atoms with van der Waals surface area (Å²) < 4.78 is 22.1. The lowest BCUT2D eigenvalue weighted by molar-refractivity contribution is -0.305. The molecule has 0 amide bonds. The van der Waals surface area contributed by atoms with E-state index in [0.717, 1.165) is 57.8 Å². The van der Waals surface area contributed by atoms with E-state index in [1.807, 2.05) is 0 Å². The minimum atomic E-state index is -1.59. The second kappa shape index (κ2) is 38.4. The first-order valence-electron chi connectivity index (χ1n) is 23.4. The summed E-state index contributed by atoms with van der Waals surface area (Å²) in [4.78, 5) is 25.3. The van der Waals surface area contributed by atoms with Gasteiger partial charge in [0.05, 0.1) is 13.2 Å². The van der Waals surface area contributed by atoms with Gasteiger partial charge in [0, 0.05) is 12.8 Å². The Morgan fingerprint density at radius 2 is 0.947 bits per heavy atom. The first-order valence-corrected chi connectivity index (χ1v) is 23.4. The Hall–Kier alpha value is -1.82. The molecule has 2 unspecified atom stereocenters. The second-order valence-electron chi connectivity index (χ2n) is 16.2. The zero-order valence-corrected chi connectivity index (χ0v) is 36.3. The van der Waals surface area contributed by atoms with Crippen LogP contribution in [0.3, 0.4) is 0 Å². The third-order valence-corrected chi connectivity index (χ3v) is 10.8. The van der Waals surface area contributed by atoms with Gasteiger partial charge in [0.2, 0.25) is 0 Å². The molecule has 0 saturated carbocycles. The molecule has 1 aliphatic rings. The Morgan fingerprint density at radius 3 is 1.42 bits per heavy atom. The van der Waals surface area contributed by atoms with E-state index in [1.54, 1.807) is 0 Å². The van der Waals surface area contributed by atoms with Crippen LogP contribution in [-0.2, 0) is 28.5 Å². The van der Waals surface area contributed by atoms with Crippen molar-refractivity contribution in [1.82, 2.24) is 0 Å². The molecule has 0 aromatic heterocycles. The molecule has 0 bridgehead atoms.